The van der Waals surface area contributed by atoms with Gasteiger partial charge in [0, 0.05) is 39.1 Å². The van der Waals surface area contributed by atoms with Gasteiger partial charge in [0.1, 0.15) is 0 Å². The second-order valence-corrected chi connectivity index (χ2v) is 6.71. The molecule has 1 aromatic heterocycles. The molecule has 0 saturated carbocycles. The molecule has 2 heterocycles. The lowest BCUT2D eigenvalue weighted by atomic mass is 10.1. The van der Waals surface area contributed by atoms with E-state index in [1.165, 1.54) is 6.92 Å². The lowest BCUT2D eigenvalue weighted by molar-refractivity contribution is -0.118. The second-order valence-electron chi connectivity index (χ2n) is 6.50. The van der Waals surface area contributed by atoms with Crippen LogP contribution in [0.2, 0.25) is 0 Å². The number of amides is 1. The quantitative estimate of drug-likeness (QED) is 0.632. The first kappa shape index (κ1) is 17.7. The van der Waals surface area contributed by atoms with Crippen molar-refractivity contribution >= 4 is 34.6 Å². The Morgan fingerprint density at radius 1 is 1.28 bits per heavy atom. The molecule has 6 nitrogen and oxygen atoms in total. The lowest BCUT2D eigenvalue weighted by Crippen LogP contribution is -2.37. The number of para-hydroxylation sites is 2. The Balaban J connectivity index is 1.86. The topological polar surface area (TPSA) is 59.3 Å². The van der Waals surface area contributed by atoms with E-state index in [1.807, 2.05) is 33.4 Å². The van der Waals surface area contributed by atoms with Crippen molar-refractivity contribution in [1.82, 2.24) is 19.4 Å². The maximum absolute atomic E-state index is 13.1. The number of fused-ring (bicyclic) bond motifs is 1. The van der Waals surface area contributed by atoms with Crippen LogP contribution in [-0.2, 0) is 11.3 Å². The number of piperidine rings is 1. The molecule has 7 heteroatoms. The van der Waals surface area contributed by atoms with E-state index < -0.39 is 0 Å². The molecule has 1 aromatic carbocycles. The van der Waals surface area contributed by atoms with Crippen LogP contribution in [0.3, 0.4) is 0 Å². The van der Waals surface area contributed by atoms with E-state index in [-0.39, 0.29) is 17.6 Å². The number of rotatable bonds is 6. The predicted octanol–water partition coefficient (Wildman–Crippen LogP) is 1.92. The van der Waals surface area contributed by atoms with E-state index in [0.29, 0.717) is 13.1 Å². The van der Waals surface area contributed by atoms with Gasteiger partial charge in [-0.05, 0) is 31.4 Å². The van der Waals surface area contributed by atoms with Gasteiger partial charge in [0.25, 0.3) is 0 Å². The summed E-state index contributed by atoms with van der Waals surface area (Å²) < 4.78 is 3.79. The minimum absolute atomic E-state index is 0.0416. The predicted molar refractivity (Wildman–Crippen MR) is 103 cm³/mol. The lowest BCUT2D eigenvalue weighted by Gasteiger charge is -2.30. The summed E-state index contributed by atoms with van der Waals surface area (Å²) in [6.45, 7) is 4.47. The summed E-state index contributed by atoms with van der Waals surface area (Å²) in [5, 5.41) is 2.78. The number of benzene rings is 1. The van der Waals surface area contributed by atoms with E-state index in [0.717, 1.165) is 43.4 Å². The molecule has 1 aliphatic rings. The molecule has 1 amide bonds. The van der Waals surface area contributed by atoms with Crippen LogP contribution in [0.25, 0.3) is 11.0 Å². The van der Waals surface area contributed by atoms with Crippen LogP contribution >= 0.6 is 12.2 Å². The first-order valence-corrected chi connectivity index (χ1v) is 9.22. The molecule has 0 radical (unpaired) electrons. The summed E-state index contributed by atoms with van der Waals surface area (Å²) in [7, 11) is 0. The second kappa shape index (κ2) is 7.82. The summed E-state index contributed by atoms with van der Waals surface area (Å²) >= 11 is 5.01. The van der Waals surface area contributed by atoms with E-state index in [1.54, 1.807) is 5.49 Å². The number of nitrogens with zero attached hydrogens (tertiary/aromatic N) is 3. The number of thiocarbonyl (C=S) groups is 1. The van der Waals surface area contributed by atoms with E-state index in [4.69, 9.17) is 12.2 Å². The highest BCUT2D eigenvalue weighted by Crippen LogP contribution is 2.25. The van der Waals surface area contributed by atoms with Crippen LogP contribution in [0.4, 0.5) is 0 Å². The molecular weight excluding hydrogens is 336 g/mol. The van der Waals surface area contributed by atoms with Crippen molar-refractivity contribution in [2.75, 3.05) is 19.6 Å². The number of carbonyl (C=O) groups is 1. The zero-order valence-electron chi connectivity index (χ0n) is 14.5. The molecule has 0 aliphatic carbocycles. The smallest absolute Gasteiger partial charge is 0.329 e. The van der Waals surface area contributed by atoms with Gasteiger partial charge in [-0.1, -0.05) is 24.4 Å². The van der Waals surface area contributed by atoms with Crippen LogP contribution in [0, 0.1) is 0 Å². The largest absolute Gasteiger partial charge is 0.369 e. The van der Waals surface area contributed by atoms with Crippen LogP contribution in [0.15, 0.2) is 29.1 Å². The van der Waals surface area contributed by atoms with E-state index >= 15 is 0 Å². The molecule has 3 rings (SSSR count). The fourth-order valence-corrected chi connectivity index (χ4v) is 3.76. The molecule has 25 heavy (non-hydrogen) atoms. The van der Waals surface area contributed by atoms with Crippen molar-refractivity contribution in [3.05, 3.63) is 34.7 Å². The van der Waals surface area contributed by atoms with Crippen LogP contribution < -0.4 is 11.0 Å². The van der Waals surface area contributed by atoms with Gasteiger partial charge in [0.15, 0.2) is 0 Å². The van der Waals surface area contributed by atoms with Crippen molar-refractivity contribution in [3.63, 3.8) is 0 Å². The normalized spacial score (nSPS) is 15.5. The molecule has 1 N–H and O–H groups in total. The highest BCUT2D eigenvalue weighted by molar-refractivity contribution is 7.78. The molecule has 2 aromatic rings. The maximum Gasteiger partial charge on any atom is 0.329 e. The molecule has 1 fully saturated rings. The number of hydrogen-bond donors (Lipinski definition) is 1. The van der Waals surface area contributed by atoms with E-state index in [2.05, 4.69) is 10.2 Å². The third-order valence-electron chi connectivity index (χ3n) is 4.81. The highest BCUT2D eigenvalue weighted by Gasteiger charge is 2.24. The third kappa shape index (κ3) is 3.76. The Labute approximate surface area is 152 Å². The monoisotopic (exact) mass is 360 g/mol. The van der Waals surface area contributed by atoms with Gasteiger partial charge in [0.2, 0.25) is 5.91 Å². The summed E-state index contributed by atoms with van der Waals surface area (Å²) in [4.78, 5) is 26.2. The first-order valence-electron chi connectivity index (χ1n) is 8.75. The minimum Gasteiger partial charge on any atom is -0.369 e. The SMILES string of the molecule is CC(=O)NCCCn1c(=O)n(C2CCN(C=S)CC2)c2ccccc21. The summed E-state index contributed by atoms with van der Waals surface area (Å²) in [6, 6.07) is 8.17. The zero-order chi connectivity index (χ0) is 17.8. The maximum atomic E-state index is 13.1. The molecule has 1 aliphatic heterocycles. The minimum atomic E-state index is -0.0416. The fourth-order valence-electron chi connectivity index (χ4n) is 3.55. The van der Waals surface area contributed by atoms with Gasteiger partial charge in [-0.2, -0.15) is 0 Å². The summed E-state index contributed by atoms with van der Waals surface area (Å²) in [6.07, 6.45) is 2.58. The van der Waals surface area contributed by atoms with Crippen LogP contribution in [0.5, 0.6) is 0 Å². The van der Waals surface area contributed by atoms with Crippen molar-refractivity contribution in [2.45, 2.75) is 38.8 Å². The number of imidazole rings is 1. The number of nitrogens with one attached hydrogen (secondary N) is 1. The van der Waals surface area contributed by atoms with Gasteiger partial charge in [0.05, 0.1) is 16.5 Å². The molecular formula is C18H24N4O2S. The Kier molecular flexibility index (Phi) is 5.53. The first-order chi connectivity index (χ1) is 12.1. The average molecular weight is 360 g/mol. The van der Waals surface area contributed by atoms with Gasteiger partial charge in [-0.15, -0.1) is 0 Å². The number of aromatic nitrogens is 2. The summed E-state index contributed by atoms with van der Waals surface area (Å²) in [5.41, 5.74) is 3.72. The van der Waals surface area contributed by atoms with Crippen molar-refractivity contribution in [3.8, 4) is 0 Å². The fraction of sp³-hybridized carbons (Fsp3) is 0.500. The van der Waals surface area contributed by atoms with Crippen LogP contribution in [-0.4, -0.2) is 45.1 Å². The number of hydrogen-bond acceptors (Lipinski definition) is 3. The molecule has 0 bridgehead atoms. The van der Waals surface area contributed by atoms with Gasteiger partial charge in [-0.3, -0.25) is 13.9 Å². The van der Waals surface area contributed by atoms with Crippen molar-refractivity contribution in [2.24, 2.45) is 0 Å². The molecule has 1 saturated heterocycles. The number of aryl methyl sites for hydroxylation is 1. The highest BCUT2D eigenvalue weighted by atomic mass is 32.1. The summed E-state index contributed by atoms with van der Waals surface area (Å²) in [5.74, 6) is -0.0416. The molecule has 0 spiro atoms. The molecule has 134 valence electrons. The zero-order valence-corrected chi connectivity index (χ0v) is 15.3. The Morgan fingerprint density at radius 3 is 2.60 bits per heavy atom. The van der Waals surface area contributed by atoms with Gasteiger partial charge in [-0.25, -0.2) is 4.79 Å². The Bertz CT molecular complexity index is 818. The third-order valence-corrected chi connectivity index (χ3v) is 5.11. The Hall–Kier alpha value is -2.15. The number of carbonyl (C=O) groups excluding carboxylic acids is 1. The average Bonchev–Trinajstić information content (AvgIpc) is 2.90. The van der Waals surface area contributed by atoms with E-state index in [9.17, 15) is 9.59 Å². The molecule has 0 unspecified atom stereocenters. The van der Waals surface area contributed by atoms with Gasteiger partial charge < -0.3 is 10.2 Å². The standard InChI is InChI=1S/C18H24N4O2S/c1-14(23)19-9-4-10-21-16-5-2-3-6-17(16)22(18(21)24)15-7-11-20(13-25)12-8-15/h2-3,5-6,13,15H,4,7-12H2,1H3,(H,19,23). The van der Waals surface area contributed by atoms with Crippen molar-refractivity contribution < 1.29 is 4.79 Å². The Morgan fingerprint density at radius 2 is 1.96 bits per heavy atom. The van der Waals surface area contributed by atoms with Crippen LogP contribution in [0.1, 0.15) is 32.2 Å². The molecule has 0 atom stereocenters. The number of likely N-dealkylation sites (tertiary alicyclic amines) is 1. The van der Waals surface area contributed by atoms with Crippen molar-refractivity contribution in [1.29, 1.82) is 0 Å². The van der Waals surface area contributed by atoms with Gasteiger partial charge >= 0.3 is 5.69 Å².